The molecule has 2 aromatic rings. The van der Waals surface area contributed by atoms with Gasteiger partial charge in [0.25, 0.3) is 0 Å². The number of rotatable bonds is 18. The number of nitrogens with one attached hydrogen (secondary N) is 2. The monoisotopic (exact) mass is 882 g/mol. The van der Waals surface area contributed by atoms with Crippen LogP contribution in [-0.2, 0) is 35.0 Å². The Labute approximate surface area is 374 Å². The number of amides is 4. The fourth-order valence-corrected chi connectivity index (χ4v) is 8.70. The maximum absolute atomic E-state index is 14.7. The number of aliphatic imine (C=N–C) groups is 1. The number of carbonyl (C=O) groups excluding carboxylic acids is 4. The highest BCUT2D eigenvalue weighted by Crippen LogP contribution is 2.30. The zero-order valence-corrected chi connectivity index (χ0v) is 40.0. The summed E-state index contributed by atoms with van der Waals surface area (Å²) in [6.07, 6.45) is 1.12. The molecular formula is C45H75N11O7. The molecule has 18 nitrogen and oxygen atoms in total. The second-order valence-corrected chi connectivity index (χ2v) is 18.6. The van der Waals surface area contributed by atoms with Crippen molar-refractivity contribution >= 4 is 29.8 Å². The van der Waals surface area contributed by atoms with Gasteiger partial charge in [-0.3, -0.25) is 14.4 Å². The molecule has 63 heavy (non-hydrogen) atoms. The van der Waals surface area contributed by atoms with Crippen LogP contribution in [0.2, 0.25) is 0 Å². The van der Waals surface area contributed by atoms with E-state index in [1.165, 1.54) is 0 Å². The predicted molar refractivity (Wildman–Crippen MR) is 240 cm³/mol. The first-order valence-corrected chi connectivity index (χ1v) is 22.5. The van der Waals surface area contributed by atoms with Crippen LogP contribution in [0.5, 0.6) is 0 Å². The summed E-state index contributed by atoms with van der Waals surface area (Å²) >= 11 is 0. The van der Waals surface area contributed by atoms with Gasteiger partial charge in [0.05, 0.1) is 42.7 Å². The van der Waals surface area contributed by atoms with Crippen molar-refractivity contribution < 1.29 is 33.4 Å². The lowest BCUT2D eigenvalue weighted by molar-refractivity contribution is -0.146. The predicted octanol–water partition coefficient (Wildman–Crippen LogP) is 4.01. The lowest BCUT2D eigenvalue weighted by atomic mass is 9.89. The lowest BCUT2D eigenvalue weighted by Crippen LogP contribution is -2.56. The van der Waals surface area contributed by atoms with Crippen LogP contribution in [0.15, 0.2) is 35.3 Å². The second-order valence-electron chi connectivity index (χ2n) is 18.6. The van der Waals surface area contributed by atoms with Gasteiger partial charge in [-0.1, -0.05) is 76.6 Å². The molecule has 1 aromatic heterocycles. The third-order valence-electron chi connectivity index (χ3n) is 12.3. The summed E-state index contributed by atoms with van der Waals surface area (Å²) in [5.41, 5.74) is 0.419. The van der Waals surface area contributed by atoms with E-state index in [4.69, 9.17) is 19.2 Å². The van der Waals surface area contributed by atoms with Gasteiger partial charge in [-0.2, -0.15) is 5.21 Å². The zero-order valence-electron chi connectivity index (χ0n) is 40.0. The number of H-pyrrole nitrogens is 1. The smallest absolute Gasteiger partial charge is 0.410 e. The summed E-state index contributed by atoms with van der Waals surface area (Å²) in [4.78, 5) is 70.3. The largest absolute Gasteiger partial charge is 0.444 e. The van der Waals surface area contributed by atoms with Crippen LogP contribution < -0.4 is 5.32 Å². The number of hydrogen-bond donors (Lipinski definition) is 2. The quantitative estimate of drug-likeness (QED) is 0.162. The third kappa shape index (κ3) is 13.6. The minimum absolute atomic E-state index is 0.0180. The minimum atomic E-state index is -0.721. The van der Waals surface area contributed by atoms with E-state index in [0.717, 1.165) is 18.4 Å². The number of benzene rings is 1. The van der Waals surface area contributed by atoms with Crippen molar-refractivity contribution in [3.05, 3.63) is 41.7 Å². The average molecular weight is 882 g/mol. The van der Waals surface area contributed by atoms with Crippen molar-refractivity contribution in [2.45, 2.75) is 129 Å². The highest BCUT2D eigenvalue weighted by atomic mass is 16.6. The van der Waals surface area contributed by atoms with E-state index in [2.05, 4.69) is 44.7 Å². The Kier molecular flexibility index (Phi) is 18.7. The summed E-state index contributed by atoms with van der Waals surface area (Å²) in [6, 6.07) is 7.73. The number of aromatic nitrogens is 4. The Hall–Kier alpha value is -4.84. The number of aromatic amines is 1. The molecule has 2 saturated heterocycles. The molecule has 1 aromatic carbocycles. The van der Waals surface area contributed by atoms with Gasteiger partial charge >= 0.3 is 6.09 Å². The standard InChI is InChI=1S/C45H75N11O7/c1-14-30(4)38(53(11)42(59)37(29(2)3)47-43(52(9)10)54-23-25-55(26-24-54)44(60)63-45(6,7)8)35(61-12)28-36(57)56-22-18-21-34(56)39(62-13)31(5)41(58)46-33(40-48-50-51-49-40)27-32-19-16-15-17-20-32/h15-17,19-20,29-31,33-35,37-39H,14,18,21-28H2,1-13H3,(H,46,58)(H,48,49,50,51)/b47-43-/t30-,31+,33-,34-,35-,37-,38-,39+/m0/s1. The number of likely N-dealkylation sites (N-methyl/N-ethyl adjacent to an activating group) is 1. The minimum Gasteiger partial charge on any atom is -0.444 e. The molecule has 0 bridgehead atoms. The van der Waals surface area contributed by atoms with Crippen molar-refractivity contribution in [1.29, 1.82) is 0 Å². The number of methoxy groups -OCH3 is 2. The number of tetrazole rings is 1. The molecule has 0 unspecified atom stereocenters. The molecule has 18 heteroatoms. The van der Waals surface area contributed by atoms with Gasteiger partial charge in [0, 0.05) is 74.5 Å². The van der Waals surface area contributed by atoms with Crippen molar-refractivity contribution in [2.24, 2.45) is 22.7 Å². The molecule has 4 rings (SSSR count). The molecule has 4 amide bonds. The van der Waals surface area contributed by atoms with E-state index in [-0.39, 0.29) is 48.1 Å². The SMILES string of the molecule is CC[C@H](C)[C@@H]([C@H](CC(=O)N1CCC[C@H]1[C@H](OC)[C@@H](C)C(=O)N[C@@H](Cc1ccccc1)c1nn[nH]n1)OC)N(C)C(=O)[C@@H](/N=C(/N(C)C)N1CCN(C(=O)OC(C)(C)C)CC1)C(C)C. The second kappa shape index (κ2) is 23.2. The Morgan fingerprint density at radius 3 is 2.14 bits per heavy atom. The number of carbonyl (C=O) groups is 4. The Morgan fingerprint density at radius 2 is 1.60 bits per heavy atom. The molecule has 0 aliphatic carbocycles. The molecule has 8 atom stereocenters. The van der Waals surface area contributed by atoms with E-state index in [0.29, 0.717) is 57.3 Å². The van der Waals surface area contributed by atoms with Crippen LogP contribution in [0.25, 0.3) is 0 Å². The number of ether oxygens (including phenoxy) is 3. The molecule has 0 saturated carbocycles. The van der Waals surface area contributed by atoms with E-state index >= 15 is 0 Å². The normalized spacial score (nSPS) is 19.5. The fourth-order valence-electron chi connectivity index (χ4n) is 8.70. The summed E-state index contributed by atoms with van der Waals surface area (Å²) in [6.45, 7) is 18.0. The Morgan fingerprint density at radius 1 is 0.952 bits per heavy atom. The Balaban J connectivity index is 1.49. The van der Waals surface area contributed by atoms with Gasteiger partial charge in [-0.25, -0.2) is 9.79 Å². The molecule has 352 valence electrons. The van der Waals surface area contributed by atoms with Crippen molar-refractivity contribution in [2.75, 3.05) is 68.1 Å². The molecule has 2 aliphatic heterocycles. The number of hydrogen-bond acceptors (Lipinski definition) is 11. The van der Waals surface area contributed by atoms with E-state index in [1.807, 2.05) is 95.8 Å². The summed E-state index contributed by atoms with van der Waals surface area (Å²) in [5, 5.41) is 17.6. The first-order valence-electron chi connectivity index (χ1n) is 22.5. The first kappa shape index (κ1) is 50.8. The Bertz CT molecular complexity index is 1780. The molecular weight excluding hydrogens is 807 g/mol. The van der Waals surface area contributed by atoms with Gasteiger partial charge in [-0.05, 0) is 51.0 Å². The number of guanidine groups is 1. The lowest BCUT2D eigenvalue weighted by Gasteiger charge is -2.41. The first-order chi connectivity index (χ1) is 29.8. The van der Waals surface area contributed by atoms with Crippen molar-refractivity contribution in [1.82, 2.24) is 50.4 Å². The van der Waals surface area contributed by atoms with Crippen LogP contribution in [0.3, 0.4) is 0 Å². The zero-order chi connectivity index (χ0) is 46.6. The summed E-state index contributed by atoms with van der Waals surface area (Å²) in [5.74, 6) is -0.290. The third-order valence-corrected chi connectivity index (χ3v) is 12.3. The van der Waals surface area contributed by atoms with Gasteiger partial charge in [-0.15, -0.1) is 10.2 Å². The van der Waals surface area contributed by atoms with E-state index in [1.54, 1.807) is 31.1 Å². The molecule has 2 fully saturated rings. The molecule has 0 radical (unpaired) electrons. The van der Waals surface area contributed by atoms with Gasteiger partial charge in [0.1, 0.15) is 11.6 Å². The van der Waals surface area contributed by atoms with E-state index in [9.17, 15) is 19.2 Å². The van der Waals surface area contributed by atoms with Crippen LogP contribution in [-0.4, -0.2) is 179 Å². The summed E-state index contributed by atoms with van der Waals surface area (Å²) in [7, 11) is 8.77. The number of likely N-dealkylation sites (tertiary alicyclic amines) is 1. The van der Waals surface area contributed by atoms with Crippen molar-refractivity contribution in [3.63, 3.8) is 0 Å². The topological polar surface area (TPSA) is 191 Å². The van der Waals surface area contributed by atoms with Crippen LogP contribution in [0.1, 0.15) is 98.5 Å². The van der Waals surface area contributed by atoms with Crippen LogP contribution in [0, 0.1) is 17.8 Å². The van der Waals surface area contributed by atoms with Gasteiger partial charge in [0.15, 0.2) is 11.8 Å². The van der Waals surface area contributed by atoms with Crippen LogP contribution >= 0.6 is 0 Å². The molecule has 2 aliphatic rings. The van der Waals surface area contributed by atoms with Gasteiger partial charge < -0.3 is 44.0 Å². The fraction of sp³-hybridized carbons (Fsp3) is 0.733. The molecule has 3 heterocycles. The molecule has 2 N–H and O–H groups in total. The average Bonchev–Trinajstić information content (AvgIpc) is 3.97. The van der Waals surface area contributed by atoms with Crippen LogP contribution in [0.4, 0.5) is 4.79 Å². The maximum Gasteiger partial charge on any atom is 0.410 e. The highest BCUT2D eigenvalue weighted by Gasteiger charge is 2.43. The summed E-state index contributed by atoms with van der Waals surface area (Å²) < 4.78 is 17.8. The van der Waals surface area contributed by atoms with Crippen molar-refractivity contribution in [3.8, 4) is 0 Å². The number of nitrogens with zero attached hydrogens (tertiary/aromatic N) is 9. The van der Waals surface area contributed by atoms with Gasteiger partial charge in [0.2, 0.25) is 17.7 Å². The van der Waals surface area contributed by atoms with E-state index < -0.39 is 41.9 Å². The highest BCUT2D eigenvalue weighted by molar-refractivity contribution is 5.88. The number of piperazine rings is 1. The molecule has 0 spiro atoms. The maximum atomic E-state index is 14.7.